The van der Waals surface area contributed by atoms with Crippen molar-refractivity contribution in [3.63, 3.8) is 0 Å². The number of rotatable bonds is 3. The number of aryl methyl sites for hydroxylation is 2. The van der Waals surface area contributed by atoms with E-state index in [0.717, 1.165) is 29.1 Å². The zero-order valence-electron chi connectivity index (χ0n) is 10.7. The SMILES string of the molecule is Cc1ccccc1-n1c(CCCl)nc2cccnc21. The molecule has 0 aliphatic carbocycles. The molecule has 2 aromatic heterocycles. The third kappa shape index (κ3) is 2.10. The van der Waals surface area contributed by atoms with E-state index < -0.39 is 0 Å². The maximum atomic E-state index is 5.89. The van der Waals surface area contributed by atoms with E-state index in [2.05, 4.69) is 33.6 Å². The minimum Gasteiger partial charge on any atom is -0.280 e. The summed E-state index contributed by atoms with van der Waals surface area (Å²) >= 11 is 5.89. The highest BCUT2D eigenvalue weighted by Gasteiger charge is 2.13. The molecule has 0 saturated heterocycles. The number of nitrogens with zero attached hydrogens (tertiary/aromatic N) is 3. The third-order valence-electron chi connectivity index (χ3n) is 3.16. The van der Waals surface area contributed by atoms with Crippen molar-refractivity contribution in [3.8, 4) is 5.69 Å². The Balaban J connectivity index is 2.31. The van der Waals surface area contributed by atoms with E-state index in [1.165, 1.54) is 5.56 Å². The first kappa shape index (κ1) is 12.2. The molecule has 0 aliphatic heterocycles. The van der Waals surface area contributed by atoms with Gasteiger partial charge in [-0.05, 0) is 30.7 Å². The molecule has 0 bridgehead atoms. The normalized spacial score (nSPS) is 11.1. The van der Waals surface area contributed by atoms with Gasteiger partial charge in [0.15, 0.2) is 5.65 Å². The second kappa shape index (κ2) is 5.02. The maximum absolute atomic E-state index is 5.89. The fraction of sp³-hybridized carbons (Fsp3) is 0.200. The highest BCUT2D eigenvalue weighted by molar-refractivity contribution is 6.17. The van der Waals surface area contributed by atoms with Crippen LogP contribution in [0.25, 0.3) is 16.9 Å². The Bertz CT molecular complexity index is 718. The Labute approximate surface area is 116 Å². The minimum atomic E-state index is 0.551. The Kier molecular flexibility index (Phi) is 3.22. The third-order valence-corrected chi connectivity index (χ3v) is 3.35. The molecule has 1 aromatic carbocycles. The smallest absolute Gasteiger partial charge is 0.164 e. The van der Waals surface area contributed by atoms with Crippen molar-refractivity contribution >= 4 is 22.8 Å². The van der Waals surface area contributed by atoms with Crippen LogP contribution in [-0.2, 0) is 6.42 Å². The topological polar surface area (TPSA) is 30.7 Å². The van der Waals surface area contributed by atoms with Gasteiger partial charge in [0.2, 0.25) is 0 Å². The van der Waals surface area contributed by atoms with Gasteiger partial charge < -0.3 is 0 Å². The van der Waals surface area contributed by atoms with E-state index in [9.17, 15) is 0 Å². The summed E-state index contributed by atoms with van der Waals surface area (Å²) < 4.78 is 2.10. The number of halogens is 1. The van der Waals surface area contributed by atoms with E-state index in [1.54, 1.807) is 6.20 Å². The predicted octanol–water partition coefficient (Wildman–Crippen LogP) is 3.51. The molecule has 0 spiro atoms. The molecule has 19 heavy (non-hydrogen) atoms. The Hall–Kier alpha value is -1.87. The molecule has 0 atom stereocenters. The fourth-order valence-electron chi connectivity index (χ4n) is 2.28. The maximum Gasteiger partial charge on any atom is 0.164 e. The number of para-hydroxylation sites is 1. The van der Waals surface area contributed by atoms with Crippen molar-refractivity contribution < 1.29 is 0 Å². The number of fused-ring (bicyclic) bond motifs is 1. The first-order valence-electron chi connectivity index (χ1n) is 6.25. The highest BCUT2D eigenvalue weighted by Crippen LogP contribution is 2.22. The molecule has 0 unspecified atom stereocenters. The molecule has 4 heteroatoms. The summed E-state index contributed by atoms with van der Waals surface area (Å²) in [7, 11) is 0. The molecule has 0 amide bonds. The van der Waals surface area contributed by atoms with Gasteiger partial charge in [-0.1, -0.05) is 18.2 Å². The highest BCUT2D eigenvalue weighted by atomic mass is 35.5. The predicted molar refractivity (Wildman–Crippen MR) is 78.0 cm³/mol. The van der Waals surface area contributed by atoms with Gasteiger partial charge in [0.25, 0.3) is 0 Å². The van der Waals surface area contributed by atoms with Crippen LogP contribution in [0.3, 0.4) is 0 Å². The van der Waals surface area contributed by atoms with Crippen molar-refractivity contribution in [3.05, 3.63) is 54.0 Å². The summed E-state index contributed by atoms with van der Waals surface area (Å²) in [6.45, 7) is 2.09. The molecule has 0 N–H and O–H groups in total. The van der Waals surface area contributed by atoms with Gasteiger partial charge in [-0.3, -0.25) is 4.57 Å². The number of aromatic nitrogens is 3. The lowest BCUT2D eigenvalue weighted by Crippen LogP contribution is -2.04. The van der Waals surface area contributed by atoms with Crippen LogP contribution in [0.1, 0.15) is 11.4 Å². The lowest BCUT2D eigenvalue weighted by molar-refractivity contribution is 0.900. The monoisotopic (exact) mass is 271 g/mol. The molecule has 0 fully saturated rings. The number of benzene rings is 1. The van der Waals surface area contributed by atoms with Gasteiger partial charge in [0, 0.05) is 18.5 Å². The second-order valence-electron chi connectivity index (χ2n) is 4.44. The Morgan fingerprint density at radius 1 is 1.16 bits per heavy atom. The van der Waals surface area contributed by atoms with Gasteiger partial charge in [0.1, 0.15) is 11.3 Å². The van der Waals surface area contributed by atoms with Crippen LogP contribution in [0.2, 0.25) is 0 Å². The van der Waals surface area contributed by atoms with Gasteiger partial charge in [0.05, 0.1) is 5.69 Å². The van der Waals surface area contributed by atoms with Gasteiger partial charge in [-0.25, -0.2) is 9.97 Å². The molecule has 3 rings (SSSR count). The number of hydrogen-bond acceptors (Lipinski definition) is 2. The number of pyridine rings is 1. The molecule has 0 saturated carbocycles. The molecule has 2 heterocycles. The standard InChI is InChI=1S/C15H14ClN3/c1-11-5-2-3-7-13(11)19-14(8-9-16)18-12-6-4-10-17-15(12)19/h2-7,10H,8-9H2,1H3. The van der Waals surface area contributed by atoms with Crippen LogP contribution in [0.5, 0.6) is 0 Å². The van der Waals surface area contributed by atoms with E-state index in [1.807, 2.05) is 24.3 Å². The number of imidazole rings is 1. The van der Waals surface area contributed by atoms with Crippen LogP contribution in [-0.4, -0.2) is 20.4 Å². The minimum absolute atomic E-state index is 0.551. The van der Waals surface area contributed by atoms with Crippen molar-refractivity contribution in [2.24, 2.45) is 0 Å². The molecule has 0 radical (unpaired) electrons. The molecule has 96 valence electrons. The molecule has 3 nitrogen and oxygen atoms in total. The van der Waals surface area contributed by atoms with Crippen molar-refractivity contribution in [1.82, 2.24) is 14.5 Å². The Morgan fingerprint density at radius 3 is 2.79 bits per heavy atom. The molecular formula is C15H14ClN3. The second-order valence-corrected chi connectivity index (χ2v) is 4.81. The van der Waals surface area contributed by atoms with Crippen LogP contribution < -0.4 is 0 Å². The quantitative estimate of drug-likeness (QED) is 0.683. The van der Waals surface area contributed by atoms with Crippen LogP contribution in [0.4, 0.5) is 0 Å². The van der Waals surface area contributed by atoms with Crippen molar-refractivity contribution in [2.45, 2.75) is 13.3 Å². The zero-order valence-corrected chi connectivity index (χ0v) is 11.4. The lowest BCUT2D eigenvalue weighted by atomic mass is 10.2. The number of alkyl halides is 1. The van der Waals surface area contributed by atoms with Gasteiger partial charge in [-0.15, -0.1) is 11.6 Å². The lowest BCUT2D eigenvalue weighted by Gasteiger charge is -2.10. The van der Waals surface area contributed by atoms with Crippen LogP contribution in [0.15, 0.2) is 42.6 Å². The van der Waals surface area contributed by atoms with Crippen LogP contribution in [0, 0.1) is 6.92 Å². The van der Waals surface area contributed by atoms with E-state index in [4.69, 9.17) is 11.6 Å². The summed E-state index contributed by atoms with van der Waals surface area (Å²) in [6.07, 6.45) is 2.52. The molecule has 0 aliphatic rings. The van der Waals surface area contributed by atoms with Crippen molar-refractivity contribution in [2.75, 3.05) is 5.88 Å². The average Bonchev–Trinajstić information content (AvgIpc) is 2.78. The summed E-state index contributed by atoms with van der Waals surface area (Å²) in [5.74, 6) is 1.51. The van der Waals surface area contributed by atoms with Gasteiger partial charge in [-0.2, -0.15) is 0 Å². The largest absolute Gasteiger partial charge is 0.280 e. The first-order valence-corrected chi connectivity index (χ1v) is 6.79. The number of hydrogen-bond donors (Lipinski definition) is 0. The molecular weight excluding hydrogens is 258 g/mol. The van der Waals surface area contributed by atoms with E-state index in [0.29, 0.717) is 5.88 Å². The van der Waals surface area contributed by atoms with E-state index in [-0.39, 0.29) is 0 Å². The summed E-state index contributed by atoms with van der Waals surface area (Å²) in [5.41, 5.74) is 4.11. The Morgan fingerprint density at radius 2 is 2.00 bits per heavy atom. The van der Waals surface area contributed by atoms with Crippen LogP contribution >= 0.6 is 11.6 Å². The fourth-order valence-corrected chi connectivity index (χ4v) is 2.45. The van der Waals surface area contributed by atoms with Gasteiger partial charge >= 0.3 is 0 Å². The summed E-state index contributed by atoms with van der Waals surface area (Å²) in [4.78, 5) is 9.09. The first-order chi connectivity index (χ1) is 9.31. The summed E-state index contributed by atoms with van der Waals surface area (Å²) in [5, 5.41) is 0. The average molecular weight is 272 g/mol. The summed E-state index contributed by atoms with van der Waals surface area (Å²) in [6, 6.07) is 12.1. The zero-order chi connectivity index (χ0) is 13.2. The van der Waals surface area contributed by atoms with E-state index >= 15 is 0 Å². The van der Waals surface area contributed by atoms with Crippen molar-refractivity contribution in [1.29, 1.82) is 0 Å². The molecule has 3 aromatic rings.